The van der Waals surface area contributed by atoms with Crippen LogP contribution in [0.25, 0.3) is 0 Å². The molecule has 0 atom stereocenters. The second kappa shape index (κ2) is 11.3. The zero-order chi connectivity index (χ0) is 21.3. The lowest BCUT2D eigenvalue weighted by molar-refractivity contribution is -0.125. The van der Waals surface area contributed by atoms with Crippen molar-refractivity contribution in [2.45, 2.75) is 45.1 Å². The van der Waals surface area contributed by atoms with Gasteiger partial charge < -0.3 is 14.8 Å². The topological polar surface area (TPSA) is 64.6 Å². The molecule has 1 aliphatic rings. The predicted molar refractivity (Wildman–Crippen MR) is 125 cm³/mol. The molecule has 5 nitrogen and oxygen atoms in total. The van der Waals surface area contributed by atoms with Crippen LogP contribution in [0, 0.1) is 16.4 Å². The number of benzene rings is 2. The summed E-state index contributed by atoms with van der Waals surface area (Å²) in [5.41, 5.74) is 1.17. The highest BCUT2D eigenvalue weighted by Gasteiger charge is 2.24. The first-order valence-corrected chi connectivity index (χ1v) is 11.4. The molecule has 1 amide bonds. The lowest BCUT2D eigenvalue weighted by Crippen LogP contribution is -2.40. The fraction of sp³-hybridized carbons (Fsp3) is 0.417. The monoisotopic (exact) mass is 521 g/mol. The Morgan fingerprint density at radius 1 is 0.900 bits per heavy atom. The molecule has 30 heavy (non-hydrogen) atoms. The molecule has 0 spiro atoms. The van der Waals surface area contributed by atoms with Crippen molar-refractivity contribution in [3.8, 4) is 11.5 Å². The van der Waals surface area contributed by atoms with E-state index in [0.29, 0.717) is 18.1 Å². The minimum atomic E-state index is -0.0976. The fourth-order valence-electron chi connectivity index (χ4n) is 3.64. The van der Waals surface area contributed by atoms with Gasteiger partial charge in [-0.15, -0.1) is 0 Å². The van der Waals surface area contributed by atoms with Crippen LogP contribution in [0.2, 0.25) is 0 Å². The van der Waals surface area contributed by atoms with E-state index in [1.807, 2.05) is 55.5 Å². The highest BCUT2D eigenvalue weighted by Crippen LogP contribution is 2.27. The third-order valence-electron chi connectivity index (χ3n) is 5.33. The largest absolute Gasteiger partial charge is 0.486 e. The third kappa shape index (κ3) is 7.63. The molecule has 160 valence electrons. The summed E-state index contributed by atoms with van der Waals surface area (Å²) < 4.78 is 12.2. The number of hydrogen-bond donors (Lipinski definition) is 1. The van der Waals surface area contributed by atoms with Gasteiger partial charge in [0.1, 0.15) is 18.1 Å². The van der Waals surface area contributed by atoms with Gasteiger partial charge in [-0.05, 0) is 97.5 Å². The van der Waals surface area contributed by atoms with Crippen molar-refractivity contribution in [2.24, 2.45) is 5.92 Å². The SMILES string of the molecule is Cc1ccc(OCC(=O)CC2CCC(NC(=O)COc3ccc(I)cc3)CC2)cc1. The zero-order valence-electron chi connectivity index (χ0n) is 17.2. The Morgan fingerprint density at radius 3 is 2.10 bits per heavy atom. The summed E-state index contributed by atoms with van der Waals surface area (Å²) in [6.45, 7) is 2.16. The van der Waals surface area contributed by atoms with Crippen LogP contribution < -0.4 is 14.8 Å². The number of hydrogen-bond acceptors (Lipinski definition) is 4. The summed E-state index contributed by atoms with van der Waals surface area (Å²) in [6, 6.07) is 15.5. The van der Waals surface area contributed by atoms with Gasteiger partial charge in [0, 0.05) is 16.0 Å². The zero-order valence-corrected chi connectivity index (χ0v) is 19.4. The van der Waals surface area contributed by atoms with Crippen molar-refractivity contribution in [2.75, 3.05) is 13.2 Å². The van der Waals surface area contributed by atoms with Crippen LogP contribution in [0.1, 0.15) is 37.7 Å². The summed E-state index contributed by atoms with van der Waals surface area (Å²) >= 11 is 2.23. The van der Waals surface area contributed by atoms with E-state index in [2.05, 4.69) is 27.9 Å². The maximum Gasteiger partial charge on any atom is 0.258 e. The van der Waals surface area contributed by atoms with E-state index in [1.54, 1.807) is 0 Å². The fourth-order valence-corrected chi connectivity index (χ4v) is 4.00. The molecule has 3 rings (SSSR count). The van der Waals surface area contributed by atoms with Gasteiger partial charge in [-0.3, -0.25) is 9.59 Å². The molecular formula is C24H28INO4. The number of amides is 1. The Balaban J connectivity index is 1.31. The molecule has 1 fully saturated rings. The van der Waals surface area contributed by atoms with Gasteiger partial charge in [-0.1, -0.05) is 17.7 Å². The van der Waals surface area contributed by atoms with Crippen LogP contribution in [0.5, 0.6) is 11.5 Å². The molecule has 0 heterocycles. The number of ketones is 1. The summed E-state index contributed by atoms with van der Waals surface area (Å²) in [4.78, 5) is 24.4. The molecule has 1 saturated carbocycles. The number of rotatable bonds is 9. The van der Waals surface area contributed by atoms with Crippen molar-refractivity contribution in [1.82, 2.24) is 5.32 Å². The number of nitrogens with one attached hydrogen (secondary N) is 1. The van der Waals surface area contributed by atoms with Crippen LogP contribution in [0.15, 0.2) is 48.5 Å². The molecule has 0 bridgehead atoms. The Labute approximate surface area is 191 Å². The van der Waals surface area contributed by atoms with Crippen molar-refractivity contribution in [3.05, 3.63) is 57.7 Å². The molecule has 0 radical (unpaired) electrons. The van der Waals surface area contributed by atoms with Crippen LogP contribution in [0.4, 0.5) is 0 Å². The van der Waals surface area contributed by atoms with Gasteiger partial charge in [-0.2, -0.15) is 0 Å². The van der Waals surface area contributed by atoms with E-state index < -0.39 is 0 Å². The molecule has 1 aliphatic carbocycles. The standard InChI is InChI=1S/C24H28INO4/c1-17-2-10-22(11-3-17)29-15-21(27)14-18-4-8-20(9-5-18)26-24(28)16-30-23-12-6-19(25)7-13-23/h2-3,6-7,10-13,18,20H,4-5,8-9,14-16H2,1H3,(H,26,28). The number of halogens is 1. The van der Waals surface area contributed by atoms with Gasteiger partial charge in [0.15, 0.2) is 12.4 Å². The minimum absolute atomic E-state index is 0.0232. The summed E-state index contributed by atoms with van der Waals surface area (Å²) in [7, 11) is 0. The number of Topliss-reactive ketones (excluding diaryl/α,β-unsaturated/α-hetero) is 1. The Hall–Kier alpha value is -2.09. The van der Waals surface area contributed by atoms with Gasteiger partial charge in [0.05, 0.1) is 0 Å². The summed E-state index contributed by atoms with van der Waals surface area (Å²) in [6.07, 6.45) is 4.22. The molecule has 6 heteroatoms. The first-order valence-electron chi connectivity index (χ1n) is 10.4. The van der Waals surface area contributed by atoms with Crippen LogP contribution in [-0.2, 0) is 9.59 Å². The second-order valence-corrected chi connectivity index (χ2v) is 9.12. The lowest BCUT2D eigenvalue weighted by Gasteiger charge is -2.28. The highest BCUT2D eigenvalue weighted by atomic mass is 127. The molecule has 0 saturated heterocycles. The molecule has 0 aromatic heterocycles. The summed E-state index contributed by atoms with van der Waals surface area (Å²) in [5, 5.41) is 3.05. The van der Waals surface area contributed by atoms with Crippen LogP contribution in [-0.4, -0.2) is 30.9 Å². The Morgan fingerprint density at radius 2 is 1.47 bits per heavy atom. The number of carbonyl (C=O) groups is 2. The maximum atomic E-state index is 12.2. The normalized spacial score (nSPS) is 18.5. The van der Waals surface area contributed by atoms with Crippen molar-refractivity contribution in [1.29, 1.82) is 0 Å². The van der Waals surface area contributed by atoms with E-state index in [-0.39, 0.29) is 30.9 Å². The maximum absolute atomic E-state index is 12.2. The van der Waals surface area contributed by atoms with Gasteiger partial charge in [0.25, 0.3) is 5.91 Å². The van der Waals surface area contributed by atoms with E-state index in [4.69, 9.17) is 9.47 Å². The average molecular weight is 521 g/mol. The third-order valence-corrected chi connectivity index (χ3v) is 6.05. The van der Waals surface area contributed by atoms with Crippen molar-refractivity contribution >= 4 is 34.3 Å². The van der Waals surface area contributed by atoms with Crippen LogP contribution >= 0.6 is 22.6 Å². The van der Waals surface area contributed by atoms with E-state index in [0.717, 1.165) is 35.0 Å². The van der Waals surface area contributed by atoms with E-state index in [1.165, 1.54) is 5.56 Å². The molecule has 2 aromatic rings. The van der Waals surface area contributed by atoms with Crippen molar-refractivity contribution < 1.29 is 19.1 Å². The van der Waals surface area contributed by atoms with E-state index >= 15 is 0 Å². The molecular weight excluding hydrogens is 493 g/mol. The van der Waals surface area contributed by atoms with Gasteiger partial charge in [0.2, 0.25) is 0 Å². The van der Waals surface area contributed by atoms with E-state index in [9.17, 15) is 9.59 Å². The molecule has 0 aliphatic heterocycles. The van der Waals surface area contributed by atoms with Crippen molar-refractivity contribution in [3.63, 3.8) is 0 Å². The first kappa shape index (κ1) is 22.6. The molecule has 2 aromatic carbocycles. The highest BCUT2D eigenvalue weighted by molar-refractivity contribution is 14.1. The molecule has 1 N–H and O–H groups in total. The minimum Gasteiger partial charge on any atom is -0.486 e. The smallest absolute Gasteiger partial charge is 0.258 e. The summed E-state index contributed by atoms with van der Waals surface area (Å²) in [5.74, 6) is 1.83. The first-order chi connectivity index (χ1) is 14.5. The molecule has 0 unspecified atom stereocenters. The quantitative estimate of drug-likeness (QED) is 0.487. The Bertz CT molecular complexity index is 756. The lowest BCUT2D eigenvalue weighted by atomic mass is 9.83. The Kier molecular flexibility index (Phi) is 8.54. The number of aryl methyl sites for hydroxylation is 1. The van der Waals surface area contributed by atoms with Gasteiger partial charge >= 0.3 is 0 Å². The van der Waals surface area contributed by atoms with Gasteiger partial charge in [-0.25, -0.2) is 0 Å². The number of ether oxygens (including phenoxy) is 2. The predicted octanol–water partition coefficient (Wildman–Crippen LogP) is 4.69. The van der Waals surface area contributed by atoms with Crippen LogP contribution in [0.3, 0.4) is 0 Å². The second-order valence-electron chi connectivity index (χ2n) is 7.87. The average Bonchev–Trinajstić information content (AvgIpc) is 2.74. The number of carbonyl (C=O) groups excluding carboxylic acids is 2.